The molecule has 0 N–H and O–H groups in total. The minimum atomic E-state index is 0. The Labute approximate surface area is 288 Å². The van der Waals surface area contributed by atoms with Crippen molar-refractivity contribution in [2.75, 3.05) is 0 Å². The van der Waals surface area contributed by atoms with Crippen LogP contribution in [0, 0.1) is 12.1 Å². The van der Waals surface area contributed by atoms with Gasteiger partial charge >= 0.3 is 0 Å². The Morgan fingerprint density at radius 1 is 0.681 bits per heavy atom. The molecular formula is C41H34IrN4O-2. The number of rotatable bonds is 5. The molecule has 0 unspecified atom stereocenters. The molecule has 0 saturated carbocycles. The van der Waals surface area contributed by atoms with Gasteiger partial charge in [-0.1, -0.05) is 76.2 Å². The normalized spacial score (nSPS) is 11.2. The van der Waals surface area contributed by atoms with Crippen LogP contribution in [0.25, 0.3) is 61.4 Å². The van der Waals surface area contributed by atoms with E-state index in [-0.39, 0.29) is 20.1 Å². The van der Waals surface area contributed by atoms with E-state index in [1.54, 1.807) is 6.20 Å². The van der Waals surface area contributed by atoms with Crippen molar-refractivity contribution >= 4 is 33.1 Å². The van der Waals surface area contributed by atoms with Crippen LogP contribution in [-0.2, 0) is 20.1 Å². The van der Waals surface area contributed by atoms with E-state index in [1.807, 2.05) is 85.1 Å². The molecule has 0 saturated heterocycles. The van der Waals surface area contributed by atoms with Gasteiger partial charge < -0.3 is 14.0 Å². The number of furan rings is 1. The smallest absolute Gasteiger partial charge is 0.229 e. The predicted molar refractivity (Wildman–Crippen MR) is 187 cm³/mol. The van der Waals surface area contributed by atoms with Crippen molar-refractivity contribution in [3.63, 3.8) is 0 Å². The van der Waals surface area contributed by atoms with Crippen molar-refractivity contribution in [2.24, 2.45) is 0 Å². The van der Waals surface area contributed by atoms with E-state index in [9.17, 15) is 0 Å². The fourth-order valence-corrected chi connectivity index (χ4v) is 6.01. The largest absolute Gasteiger partial charge is 0.438 e. The first-order valence-corrected chi connectivity index (χ1v) is 15.7. The van der Waals surface area contributed by atoms with Gasteiger partial charge in [0.2, 0.25) is 5.71 Å². The van der Waals surface area contributed by atoms with Crippen LogP contribution in [0.1, 0.15) is 50.7 Å². The molecule has 4 aromatic carbocycles. The monoisotopic (exact) mass is 791 g/mol. The van der Waals surface area contributed by atoms with Crippen LogP contribution >= 0.6 is 0 Å². The van der Waals surface area contributed by atoms with Crippen LogP contribution in [-0.4, -0.2) is 19.5 Å². The molecule has 6 heteroatoms. The fourth-order valence-electron chi connectivity index (χ4n) is 6.01. The molecular weight excluding hydrogens is 757 g/mol. The fraction of sp³-hybridized carbons (Fsp3) is 0.146. The zero-order chi connectivity index (χ0) is 31.6. The molecule has 47 heavy (non-hydrogen) atoms. The Hall–Kier alpha value is -4.90. The Bertz CT molecular complexity index is 2190. The molecule has 0 aliphatic rings. The van der Waals surface area contributed by atoms with E-state index in [2.05, 4.69) is 84.7 Å². The molecule has 8 aromatic rings. The summed E-state index contributed by atoms with van der Waals surface area (Å²) >= 11 is 0. The van der Waals surface area contributed by atoms with Crippen molar-refractivity contribution in [2.45, 2.75) is 39.5 Å². The van der Waals surface area contributed by atoms with Gasteiger partial charge in [-0.3, -0.25) is 4.98 Å². The predicted octanol–water partition coefficient (Wildman–Crippen LogP) is 10.6. The van der Waals surface area contributed by atoms with E-state index in [1.165, 1.54) is 16.8 Å². The number of hydrogen-bond donors (Lipinski definition) is 0. The Morgan fingerprint density at radius 3 is 1.98 bits per heavy atom. The van der Waals surface area contributed by atoms with Crippen molar-refractivity contribution in [1.29, 1.82) is 0 Å². The van der Waals surface area contributed by atoms with Gasteiger partial charge in [-0.25, -0.2) is 4.98 Å². The van der Waals surface area contributed by atoms with Gasteiger partial charge in [0.05, 0.1) is 28.4 Å². The Morgan fingerprint density at radius 2 is 1.34 bits per heavy atom. The topological polar surface area (TPSA) is 56.7 Å². The van der Waals surface area contributed by atoms with Gasteiger partial charge in [-0.05, 0) is 40.8 Å². The molecule has 0 fully saturated rings. The summed E-state index contributed by atoms with van der Waals surface area (Å²) in [6, 6.07) is 43.0. The van der Waals surface area contributed by atoms with Crippen LogP contribution in [0.2, 0.25) is 0 Å². The van der Waals surface area contributed by atoms with Gasteiger partial charge in [-0.15, -0.1) is 71.8 Å². The molecule has 0 atom stereocenters. The van der Waals surface area contributed by atoms with Crippen LogP contribution in [0.3, 0.4) is 0 Å². The average molecular weight is 791 g/mol. The maximum absolute atomic E-state index is 6.16. The summed E-state index contributed by atoms with van der Waals surface area (Å²) in [6.07, 6.45) is 3.62. The standard InChI is InChI=1S/C30H26N3O.C11H8N.Ir/c1-18(2)21-14-10-15-22(19(3)4)27(21)33-28-24(32-29(33)20-11-6-5-7-12-20)17-31-30-26(28)23-13-8-9-16-25(23)34-30;1-2-6-10(7-3-1)11-8-4-5-9-12-11;/h5-11,13-19H,1-4H3;1-6,8-9H;/q2*-1;. The number of para-hydroxylation sites is 2. The zero-order valence-corrected chi connectivity index (χ0v) is 29.1. The van der Waals surface area contributed by atoms with Crippen LogP contribution < -0.4 is 0 Å². The summed E-state index contributed by atoms with van der Waals surface area (Å²) in [5.41, 5.74) is 10.1. The minimum Gasteiger partial charge on any atom is -0.438 e. The van der Waals surface area contributed by atoms with Crippen LogP contribution in [0.15, 0.2) is 126 Å². The van der Waals surface area contributed by atoms with E-state index < -0.39 is 0 Å². The number of hydrogen-bond acceptors (Lipinski definition) is 4. The van der Waals surface area contributed by atoms with E-state index in [4.69, 9.17) is 9.40 Å². The SMILES string of the molecule is CC(C)c1cccc(C(C)C)c1-n1c(-c2[c-]cccc2)nc2cnc3oc4ccccc4c3c21.[Ir].[c-]1ccccc1-c1ccccn1. The van der Waals surface area contributed by atoms with E-state index in [0.29, 0.717) is 17.5 Å². The molecule has 1 radical (unpaired) electrons. The summed E-state index contributed by atoms with van der Waals surface area (Å²) in [7, 11) is 0. The Kier molecular flexibility index (Phi) is 9.44. The molecule has 0 amide bonds. The second-order valence-corrected chi connectivity index (χ2v) is 11.9. The number of aromatic nitrogens is 4. The van der Waals surface area contributed by atoms with Crippen molar-refractivity contribution in [3.8, 4) is 28.3 Å². The first kappa shape index (κ1) is 32.1. The number of pyridine rings is 2. The third-order valence-electron chi connectivity index (χ3n) is 8.19. The number of imidazole rings is 1. The maximum Gasteiger partial charge on any atom is 0.229 e. The van der Waals surface area contributed by atoms with Crippen LogP contribution in [0.5, 0.6) is 0 Å². The molecule has 4 aromatic heterocycles. The first-order chi connectivity index (χ1) is 22.5. The van der Waals surface area contributed by atoms with Crippen molar-refractivity contribution in [3.05, 3.63) is 145 Å². The van der Waals surface area contributed by atoms with Gasteiger partial charge in [0.15, 0.2) is 0 Å². The summed E-state index contributed by atoms with van der Waals surface area (Å²) in [5, 5.41) is 2.05. The van der Waals surface area contributed by atoms with E-state index in [0.717, 1.165) is 50.0 Å². The first-order valence-electron chi connectivity index (χ1n) is 15.7. The molecule has 0 aliphatic carbocycles. The molecule has 4 heterocycles. The van der Waals surface area contributed by atoms with Gasteiger partial charge in [0.25, 0.3) is 0 Å². The second kappa shape index (κ2) is 13.8. The summed E-state index contributed by atoms with van der Waals surface area (Å²) < 4.78 is 8.49. The minimum absolute atomic E-state index is 0. The summed E-state index contributed by atoms with van der Waals surface area (Å²) in [5.74, 6) is 1.56. The molecule has 5 nitrogen and oxygen atoms in total. The maximum atomic E-state index is 6.16. The quantitative estimate of drug-likeness (QED) is 0.163. The third kappa shape index (κ3) is 6.15. The molecule has 8 rings (SSSR count). The summed E-state index contributed by atoms with van der Waals surface area (Å²) in [4.78, 5) is 14.0. The summed E-state index contributed by atoms with van der Waals surface area (Å²) in [6.45, 7) is 9.00. The Balaban J connectivity index is 0.000000250. The molecule has 235 valence electrons. The van der Waals surface area contributed by atoms with Crippen molar-refractivity contribution in [1.82, 2.24) is 19.5 Å². The third-order valence-corrected chi connectivity index (χ3v) is 8.19. The molecule has 0 spiro atoms. The van der Waals surface area contributed by atoms with Gasteiger partial charge in [0.1, 0.15) is 5.58 Å². The van der Waals surface area contributed by atoms with Gasteiger partial charge in [-0.2, -0.15) is 0 Å². The molecule has 0 bridgehead atoms. The second-order valence-electron chi connectivity index (χ2n) is 11.9. The van der Waals surface area contributed by atoms with Gasteiger partial charge in [0, 0.05) is 37.4 Å². The number of nitrogens with zero attached hydrogens (tertiary/aromatic N) is 4. The number of benzene rings is 4. The zero-order valence-electron chi connectivity index (χ0n) is 26.7. The average Bonchev–Trinajstić information content (AvgIpc) is 3.68. The van der Waals surface area contributed by atoms with E-state index >= 15 is 0 Å². The number of fused-ring (bicyclic) bond motifs is 5. The van der Waals surface area contributed by atoms with Crippen molar-refractivity contribution < 1.29 is 24.5 Å². The molecule has 0 aliphatic heterocycles. The van der Waals surface area contributed by atoms with Crippen LogP contribution in [0.4, 0.5) is 0 Å².